The standard InChI is InChI=1S/C15H19N5O/c1-21-7-6-20-9-13(8-18-20)12-2-4-14(5-3-12)19-10-15(16)17-11-19/h2-5,8-10,17H,6-7,11,16H2,1H3. The molecule has 21 heavy (non-hydrogen) atoms. The molecule has 0 atom stereocenters. The van der Waals surface area contributed by atoms with E-state index in [9.17, 15) is 0 Å². The van der Waals surface area contributed by atoms with E-state index >= 15 is 0 Å². The van der Waals surface area contributed by atoms with E-state index in [2.05, 4.69) is 39.6 Å². The second kappa shape index (κ2) is 5.88. The summed E-state index contributed by atoms with van der Waals surface area (Å²) in [6.07, 6.45) is 5.81. The summed E-state index contributed by atoms with van der Waals surface area (Å²) in [6.45, 7) is 2.13. The predicted molar refractivity (Wildman–Crippen MR) is 82.3 cm³/mol. The summed E-state index contributed by atoms with van der Waals surface area (Å²) in [5.41, 5.74) is 9.07. The first-order valence-electron chi connectivity index (χ1n) is 6.86. The fraction of sp³-hybridized carbons (Fsp3) is 0.267. The van der Waals surface area contributed by atoms with Crippen LogP contribution in [-0.4, -0.2) is 30.2 Å². The Hall–Kier alpha value is -2.47. The second-order valence-electron chi connectivity index (χ2n) is 4.92. The smallest absolute Gasteiger partial charge is 0.114 e. The van der Waals surface area contributed by atoms with Crippen LogP contribution in [0.4, 0.5) is 5.69 Å². The molecule has 0 fully saturated rings. The zero-order chi connectivity index (χ0) is 14.7. The Labute approximate surface area is 123 Å². The van der Waals surface area contributed by atoms with Crippen LogP contribution in [-0.2, 0) is 11.3 Å². The molecule has 2 heterocycles. The molecule has 2 aromatic rings. The Balaban J connectivity index is 1.73. The lowest BCUT2D eigenvalue weighted by molar-refractivity contribution is 0.183. The number of hydrogen-bond donors (Lipinski definition) is 2. The summed E-state index contributed by atoms with van der Waals surface area (Å²) >= 11 is 0. The minimum Gasteiger partial charge on any atom is -0.384 e. The van der Waals surface area contributed by atoms with E-state index < -0.39 is 0 Å². The number of benzene rings is 1. The molecule has 0 amide bonds. The van der Waals surface area contributed by atoms with Crippen molar-refractivity contribution in [3.63, 3.8) is 0 Å². The molecule has 6 nitrogen and oxygen atoms in total. The minimum absolute atomic E-state index is 0.662. The van der Waals surface area contributed by atoms with Gasteiger partial charge in [-0.25, -0.2) is 0 Å². The van der Waals surface area contributed by atoms with Gasteiger partial charge < -0.3 is 20.7 Å². The SMILES string of the molecule is COCCn1cc(-c2ccc(N3C=C(N)NC3)cc2)cn1. The van der Waals surface area contributed by atoms with Crippen molar-refractivity contribution in [3.05, 3.63) is 48.7 Å². The molecule has 0 spiro atoms. The largest absolute Gasteiger partial charge is 0.384 e. The number of methoxy groups -OCH3 is 1. The first-order valence-corrected chi connectivity index (χ1v) is 6.86. The number of nitrogens with zero attached hydrogens (tertiary/aromatic N) is 3. The third-order valence-corrected chi connectivity index (χ3v) is 3.44. The average Bonchev–Trinajstić information content (AvgIpc) is 3.14. The molecule has 1 aromatic heterocycles. The van der Waals surface area contributed by atoms with Gasteiger partial charge in [-0.3, -0.25) is 4.68 Å². The van der Waals surface area contributed by atoms with E-state index in [1.807, 2.05) is 23.3 Å². The van der Waals surface area contributed by atoms with E-state index in [1.165, 1.54) is 0 Å². The van der Waals surface area contributed by atoms with E-state index in [4.69, 9.17) is 10.5 Å². The lowest BCUT2D eigenvalue weighted by Crippen LogP contribution is -2.22. The van der Waals surface area contributed by atoms with Crippen molar-refractivity contribution in [1.29, 1.82) is 0 Å². The fourth-order valence-corrected chi connectivity index (χ4v) is 2.27. The van der Waals surface area contributed by atoms with Crippen molar-refractivity contribution in [2.24, 2.45) is 5.73 Å². The normalized spacial score (nSPS) is 14.1. The highest BCUT2D eigenvalue weighted by atomic mass is 16.5. The van der Waals surface area contributed by atoms with Gasteiger partial charge in [0.1, 0.15) is 5.82 Å². The molecular formula is C15H19N5O. The van der Waals surface area contributed by atoms with Crippen LogP contribution < -0.4 is 16.0 Å². The summed E-state index contributed by atoms with van der Waals surface area (Å²) in [5.74, 6) is 0.693. The van der Waals surface area contributed by atoms with Crippen LogP contribution in [0.25, 0.3) is 11.1 Å². The Morgan fingerprint density at radius 2 is 2.10 bits per heavy atom. The molecule has 3 N–H and O–H groups in total. The van der Waals surface area contributed by atoms with Crippen LogP contribution in [0.3, 0.4) is 0 Å². The maximum atomic E-state index is 5.71. The van der Waals surface area contributed by atoms with Gasteiger partial charge in [0.25, 0.3) is 0 Å². The van der Waals surface area contributed by atoms with Gasteiger partial charge in [-0.1, -0.05) is 12.1 Å². The number of anilines is 1. The number of nitrogens with two attached hydrogens (primary N) is 1. The maximum Gasteiger partial charge on any atom is 0.114 e. The van der Waals surface area contributed by atoms with Crippen molar-refractivity contribution < 1.29 is 4.74 Å². The highest BCUT2D eigenvalue weighted by molar-refractivity contribution is 5.65. The Morgan fingerprint density at radius 3 is 2.76 bits per heavy atom. The molecular weight excluding hydrogens is 266 g/mol. The van der Waals surface area contributed by atoms with Crippen molar-refractivity contribution in [2.75, 3.05) is 25.3 Å². The molecule has 1 aliphatic rings. The lowest BCUT2D eigenvalue weighted by atomic mass is 10.1. The molecule has 0 unspecified atom stereocenters. The molecule has 0 aliphatic carbocycles. The van der Waals surface area contributed by atoms with Gasteiger partial charge >= 0.3 is 0 Å². The zero-order valence-corrected chi connectivity index (χ0v) is 12.0. The first-order chi connectivity index (χ1) is 10.3. The average molecular weight is 285 g/mol. The van der Waals surface area contributed by atoms with Crippen LogP contribution in [0, 0.1) is 0 Å². The number of rotatable bonds is 5. The lowest BCUT2D eigenvalue weighted by Gasteiger charge is -2.14. The maximum absolute atomic E-state index is 5.71. The van der Waals surface area contributed by atoms with E-state index in [-0.39, 0.29) is 0 Å². The summed E-state index contributed by atoms with van der Waals surface area (Å²) in [7, 11) is 1.69. The quantitative estimate of drug-likeness (QED) is 0.867. The number of aromatic nitrogens is 2. The second-order valence-corrected chi connectivity index (χ2v) is 4.92. The number of nitrogens with one attached hydrogen (secondary N) is 1. The number of hydrogen-bond acceptors (Lipinski definition) is 5. The molecule has 110 valence electrons. The van der Waals surface area contributed by atoms with Crippen molar-refractivity contribution >= 4 is 5.69 Å². The molecule has 1 aliphatic heterocycles. The van der Waals surface area contributed by atoms with E-state index in [0.717, 1.165) is 23.4 Å². The Bertz CT molecular complexity index is 632. The molecule has 1 aromatic carbocycles. The summed E-state index contributed by atoms with van der Waals surface area (Å²) in [5, 5.41) is 7.41. The predicted octanol–water partition coefficient (Wildman–Crippen LogP) is 1.32. The van der Waals surface area contributed by atoms with Gasteiger partial charge in [0.15, 0.2) is 0 Å². The van der Waals surface area contributed by atoms with Crippen LogP contribution in [0.2, 0.25) is 0 Å². The molecule has 6 heteroatoms. The molecule has 0 radical (unpaired) electrons. The Morgan fingerprint density at radius 1 is 1.29 bits per heavy atom. The minimum atomic E-state index is 0.662. The number of ether oxygens (including phenoxy) is 1. The topological polar surface area (TPSA) is 68.3 Å². The van der Waals surface area contributed by atoms with Gasteiger partial charge in [0.2, 0.25) is 0 Å². The van der Waals surface area contributed by atoms with Gasteiger partial charge in [-0.05, 0) is 17.7 Å². The molecule has 0 saturated heterocycles. The molecule has 3 rings (SSSR count). The van der Waals surface area contributed by atoms with Crippen LogP contribution in [0.1, 0.15) is 0 Å². The van der Waals surface area contributed by atoms with E-state index in [0.29, 0.717) is 19.1 Å². The van der Waals surface area contributed by atoms with Gasteiger partial charge in [0, 0.05) is 30.8 Å². The zero-order valence-electron chi connectivity index (χ0n) is 12.0. The summed E-state index contributed by atoms with van der Waals surface area (Å²) in [6, 6.07) is 8.35. The van der Waals surface area contributed by atoms with Crippen LogP contribution >= 0.6 is 0 Å². The van der Waals surface area contributed by atoms with Gasteiger partial charge in [0.05, 0.1) is 26.0 Å². The third kappa shape index (κ3) is 3.00. The molecule has 0 bridgehead atoms. The van der Waals surface area contributed by atoms with Gasteiger partial charge in [-0.15, -0.1) is 0 Å². The summed E-state index contributed by atoms with van der Waals surface area (Å²) in [4.78, 5) is 2.07. The van der Waals surface area contributed by atoms with E-state index in [1.54, 1.807) is 7.11 Å². The summed E-state index contributed by atoms with van der Waals surface area (Å²) < 4.78 is 6.94. The van der Waals surface area contributed by atoms with Crippen LogP contribution in [0.5, 0.6) is 0 Å². The Kier molecular flexibility index (Phi) is 3.79. The van der Waals surface area contributed by atoms with Crippen molar-refractivity contribution in [1.82, 2.24) is 15.1 Å². The highest BCUT2D eigenvalue weighted by Gasteiger charge is 2.10. The van der Waals surface area contributed by atoms with Crippen molar-refractivity contribution in [3.8, 4) is 11.1 Å². The van der Waals surface area contributed by atoms with Crippen LogP contribution in [0.15, 0.2) is 48.7 Å². The first kappa shape index (κ1) is 13.5. The fourth-order valence-electron chi connectivity index (χ4n) is 2.27. The van der Waals surface area contributed by atoms with Crippen molar-refractivity contribution in [2.45, 2.75) is 6.54 Å². The highest BCUT2D eigenvalue weighted by Crippen LogP contribution is 2.23. The van der Waals surface area contributed by atoms with Gasteiger partial charge in [-0.2, -0.15) is 5.10 Å². The third-order valence-electron chi connectivity index (χ3n) is 3.44. The monoisotopic (exact) mass is 285 g/mol. The molecule has 0 saturated carbocycles.